The van der Waals surface area contributed by atoms with Crippen molar-refractivity contribution in [3.05, 3.63) is 40.7 Å². The third-order valence-corrected chi connectivity index (χ3v) is 4.80. The quantitative estimate of drug-likeness (QED) is 0.945. The number of benzene rings is 1. The zero-order chi connectivity index (χ0) is 15.1. The normalized spacial score (nSPS) is 11.7. The van der Waals surface area contributed by atoms with E-state index in [1.54, 1.807) is 24.9 Å². The van der Waals surface area contributed by atoms with E-state index < -0.39 is 10.0 Å². The second-order valence-electron chi connectivity index (χ2n) is 5.14. The van der Waals surface area contributed by atoms with Crippen molar-refractivity contribution >= 4 is 15.7 Å². The molecule has 0 fully saturated rings. The van der Waals surface area contributed by atoms with E-state index in [1.807, 2.05) is 32.9 Å². The molecular weight excluding hydrogens is 274 g/mol. The number of hydrogen-bond acceptors (Lipinski definition) is 3. The van der Waals surface area contributed by atoms with Crippen LogP contribution < -0.4 is 4.72 Å². The van der Waals surface area contributed by atoms with Crippen molar-refractivity contribution in [2.24, 2.45) is 7.05 Å². The molecule has 0 aliphatic carbocycles. The number of anilines is 1. The van der Waals surface area contributed by atoms with Gasteiger partial charge in [-0.05, 0) is 38.8 Å². The predicted octanol–water partition coefficient (Wildman–Crippen LogP) is 2.45. The second kappa shape index (κ2) is 4.94. The molecule has 1 aromatic heterocycles. The van der Waals surface area contributed by atoms with Crippen molar-refractivity contribution in [1.82, 2.24) is 9.78 Å². The van der Waals surface area contributed by atoms with Crippen LogP contribution >= 0.6 is 0 Å². The van der Waals surface area contributed by atoms with Gasteiger partial charge in [-0.1, -0.05) is 17.7 Å². The van der Waals surface area contributed by atoms with E-state index in [9.17, 15) is 8.42 Å². The highest BCUT2D eigenvalue weighted by Crippen LogP contribution is 2.25. The zero-order valence-corrected chi connectivity index (χ0v) is 13.2. The Hall–Kier alpha value is -1.82. The number of aromatic nitrogens is 2. The molecule has 0 amide bonds. The lowest BCUT2D eigenvalue weighted by molar-refractivity contribution is 0.600. The van der Waals surface area contributed by atoms with E-state index in [-0.39, 0.29) is 0 Å². The lowest BCUT2D eigenvalue weighted by atomic mass is 10.1. The lowest BCUT2D eigenvalue weighted by Crippen LogP contribution is -2.16. The van der Waals surface area contributed by atoms with Crippen molar-refractivity contribution in [2.45, 2.75) is 32.6 Å². The van der Waals surface area contributed by atoms with E-state index in [2.05, 4.69) is 9.82 Å². The fourth-order valence-corrected chi connectivity index (χ4v) is 4.04. The Morgan fingerprint density at radius 2 is 1.65 bits per heavy atom. The standard InChI is InChI=1S/C14H19N3O2S/c1-9-6-10(2)14(11(3)7-9)20(18,19)16-13-8-17(5)15-12(13)4/h6-8,16H,1-5H3. The van der Waals surface area contributed by atoms with Gasteiger partial charge in [0.1, 0.15) is 0 Å². The minimum atomic E-state index is -3.60. The molecule has 0 aliphatic heterocycles. The van der Waals surface area contributed by atoms with E-state index in [1.165, 1.54) is 0 Å². The second-order valence-corrected chi connectivity index (χ2v) is 6.75. The summed E-state index contributed by atoms with van der Waals surface area (Å²) in [6.07, 6.45) is 1.66. The fourth-order valence-electron chi connectivity index (χ4n) is 2.49. The highest BCUT2D eigenvalue weighted by molar-refractivity contribution is 7.92. The zero-order valence-electron chi connectivity index (χ0n) is 12.4. The van der Waals surface area contributed by atoms with E-state index in [4.69, 9.17) is 0 Å². The van der Waals surface area contributed by atoms with E-state index in [0.29, 0.717) is 16.3 Å². The van der Waals surface area contributed by atoms with Gasteiger partial charge in [0.25, 0.3) is 10.0 Å². The molecule has 0 saturated heterocycles. The average Bonchev–Trinajstić information content (AvgIpc) is 2.53. The van der Waals surface area contributed by atoms with Gasteiger partial charge in [0.2, 0.25) is 0 Å². The molecule has 1 aromatic carbocycles. The molecule has 1 N–H and O–H groups in total. The first-order valence-corrected chi connectivity index (χ1v) is 7.80. The van der Waals surface area contributed by atoms with Crippen molar-refractivity contribution in [1.29, 1.82) is 0 Å². The third-order valence-electron chi connectivity index (χ3n) is 3.13. The minimum absolute atomic E-state index is 0.339. The Bertz CT molecular complexity index is 738. The average molecular weight is 293 g/mol. The first-order valence-electron chi connectivity index (χ1n) is 6.31. The van der Waals surface area contributed by atoms with Crippen molar-refractivity contribution in [3.63, 3.8) is 0 Å². The lowest BCUT2D eigenvalue weighted by Gasteiger charge is -2.13. The molecule has 20 heavy (non-hydrogen) atoms. The molecule has 2 aromatic rings. The van der Waals surface area contributed by atoms with Crippen LogP contribution in [0.5, 0.6) is 0 Å². The first-order chi connectivity index (χ1) is 9.20. The van der Waals surface area contributed by atoms with Crippen LogP contribution in [-0.4, -0.2) is 18.2 Å². The molecule has 6 heteroatoms. The first kappa shape index (κ1) is 14.6. The van der Waals surface area contributed by atoms with Gasteiger partial charge in [0.05, 0.1) is 16.3 Å². The van der Waals surface area contributed by atoms with Gasteiger partial charge in [0.15, 0.2) is 0 Å². The molecule has 0 unspecified atom stereocenters. The molecule has 108 valence electrons. The van der Waals surface area contributed by atoms with Crippen molar-refractivity contribution in [2.75, 3.05) is 4.72 Å². The van der Waals surface area contributed by atoms with Crippen LogP contribution in [0.2, 0.25) is 0 Å². The summed E-state index contributed by atoms with van der Waals surface area (Å²) in [6, 6.07) is 3.75. The predicted molar refractivity (Wildman–Crippen MR) is 79.4 cm³/mol. The topological polar surface area (TPSA) is 64.0 Å². The molecule has 0 atom stereocenters. The molecule has 0 spiro atoms. The highest BCUT2D eigenvalue weighted by Gasteiger charge is 2.21. The Morgan fingerprint density at radius 1 is 1.10 bits per heavy atom. The van der Waals surface area contributed by atoms with Gasteiger partial charge in [-0.25, -0.2) is 8.42 Å². The molecule has 0 aliphatic rings. The van der Waals surface area contributed by atoms with Crippen molar-refractivity contribution in [3.8, 4) is 0 Å². The summed E-state index contributed by atoms with van der Waals surface area (Å²) in [5.74, 6) is 0. The third kappa shape index (κ3) is 2.70. The summed E-state index contributed by atoms with van der Waals surface area (Å²) >= 11 is 0. The van der Waals surface area contributed by atoms with Gasteiger partial charge in [-0.2, -0.15) is 5.10 Å². The van der Waals surface area contributed by atoms with Gasteiger partial charge >= 0.3 is 0 Å². The van der Waals surface area contributed by atoms with Crippen LogP contribution in [0.1, 0.15) is 22.4 Å². The van der Waals surface area contributed by atoms with Crippen molar-refractivity contribution < 1.29 is 8.42 Å². The monoisotopic (exact) mass is 293 g/mol. The van der Waals surface area contributed by atoms with Crippen LogP contribution in [-0.2, 0) is 17.1 Å². The van der Waals surface area contributed by atoms with Gasteiger partial charge in [0, 0.05) is 13.2 Å². The number of nitrogens with zero attached hydrogens (tertiary/aromatic N) is 2. The number of nitrogens with one attached hydrogen (secondary N) is 1. The number of aryl methyl sites for hydroxylation is 5. The Labute approximate surface area is 119 Å². The van der Waals surface area contributed by atoms with Gasteiger partial charge in [-0.3, -0.25) is 9.40 Å². The largest absolute Gasteiger partial charge is 0.276 e. The Balaban J connectivity index is 2.49. The van der Waals surface area contributed by atoms with Crippen LogP contribution in [0.3, 0.4) is 0 Å². The smallest absolute Gasteiger partial charge is 0.262 e. The molecule has 0 bridgehead atoms. The van der Waals surface area contributed by atoms with E-state index >= 15 is 0 Å². The highest BCUT2D eigenvalue weighted by atomic mass is 32.2. The summed E-state index contributed by atoms with van der Waals surface area (Å²) in [7, 11) is -1.85. The molecule has 0 radical (unpaired) electrons. The molecule has 1 heterocycles. The summed E-state index contributed by atoms with van der Waals surface area (Å²) in [4.78, 5) is 0.339. The van der Waals surface area contributed by atoms with Crippen LogP contribution in [0.25, 0.3) is 0 Å². The molecular formula is C14H19N3O2S. The van der Waals surface area contributed by atoms with Gasteiger partial charge < -0.3 is 0 Å². The Kier molecular flexibility index (Phi) is 3.60. The summed E-state index contributed by atoms with van der Waals surface area (Å²) in [5, 5.41) is 4.14. The summed E-state index contributed by atoms with van der Waals surface area (Å²) < 4.78 is 29.3. The SMILES string of the molecule is Cc1cc(C)c(S(=O)(=O)Nc2cn(C)nc2C)c(C)c1. The van der Waals surface area contributed by atoms with Crippen LogP contribution in [0, 0.1) is 27.7 Å². The molecule has 0 saturated carbocycles. The minimum Gasteiger partial charge on any atom is -0.276 e. The maximum atomic E-state index is 12.6. The summed E-state index contributed by atoms with van der Waals surface area (Å²) in [6.45, 7) is 7.34. The maximum absolute atomic E-state index is 12.6. The Morgan fingerprint density at radius 3 is 2.10 bits per heavy atom. The van der Waals surface area contributed by atoms with E-state index in [0.717, 1.165) is 16.7 Å². The fraction of sp³-hybridized carbons (Fsp3) is 0.357. The van der Waals surface area contributed by atoms with Crippen LogP contribution in [0.15, 0.2) is 23.2 Å². The maximum Gasteiger partial charge on any atom is 0.262 e. The molecule has 5 nitrogen and oxygen atoms in total. The van der Waals surface area contributed by atoms with Crippen LogP contribution in [0.4, 0.5) is 5.69 Å². The summed E-state index contributed by atoms with van der Waals surface area (Å²) in [5.41, 5.74) is 3.70. The number of sulfonamides is 1. The number of rotatable bonds is 3. The van der Waals surface area contributed by atoms with Gasteiger partial charge in [-0.15, -0.1) is 0 Å². The molecule has 2 rings (SSSR count). The number of hydrogen-bond donors (Lipinski definition) is 1.